The van der Waals surface area contributed by atoms with E-state index >= 15 is 0 Å². The van der Waals surface area contributed by atoms with Crippen molar-refractivity contribution < 1.29 is 4.39 Å². The van der Waals surface area contributed by atoms with Gasteiger partial charge in [-0.2, -0.15) is 9.37 Å². The van der Waals surface area contributed by atoms with Crippen LogP contribution in [0.3, 0.4) is 0 Å². The molecule has 0 amide bonds. The predicted molar refractivity (Wildman–Crippen MR) is 117 cm³/mol. The van der Waals surface area contributed by atoms with Crippen LogP contribution in [-0.2, 0) is 12.8 Å². The summed E-state index contributed by atoms with van der Waals surface area (Å²) in [5.41, 5.74) is 2.86. The highest BCUT2D eigenvalue weighted by Gasteiger charge is 2.08. The van der Waals surface area contributed by atoms with Crippen LogP contribution in [0.5, 0.6) is 0 Å². The molecule has 2 rings (SSSR count). The van der Waals surface area contributed by atoms with Crippen molar-refractivity contribution >= 4 is 0 Å². The number of unbranched alkanes of at least 4 members (excludes halogenated alkanes) is 9. The number of aromatic nitrogens is 2. The van der Waals surface area contributed by atoms with E-state index < -0.39 is 0 Å². The molecule has 0 radical (unpaired) electrons. The highest BCUT2D eigenvalue weighted by molar-refractivity contribution is 5.55. The highest BCUT2D eigenvalue weighted by atomic mass is 19.1. The number of hydrogen-bond donors (Lipinski definition) is 0. The summed E-state index contributed by atoms with van der Waals surface area (Å²) in [7, 11) is 0. The van der Waals surface area contributed by atoms with Crippen molar-refractivity contribution in [3.8, 4) is 11.4 Å². The first-order valence-electron chi connectivity index (χ1n) is 11.3. The Kier molecular flexibility index (Phi) is 10.8. The first-order valence-corrected chi connectivity index (χ1v) is 11.3. The van der Waals surface area contributed by atoms with Crippen LogP contribution < -0.4 is 0 Å². The highest BCUT2D eigenvalue weighted by Crippen LogP contribution is 2.19. The van der Waals surface area contributed by atoms with Crippen molar-refractivity contribution in [1.29, 1.82) is 0 Å². The molecule has 0 saturated carbocycles. The fraction of sp³-hybridized carbons (Fsp3) is 0.600. The summed E-state index contributed by atoms with van der Waals surface area (Å²) in [6.07, 6.45) is 17.2. The average Bonchev–Trinajstić information content (AvgIpc) is 2.72. The summed E-state index contributed by atoms with van der Waals surface area (Å²) in [5.74, 6) is 0.122. The summed E-state index contributed by atoms with van der Waals surface area (Å²) < 4.78 is 14.4. The molecule has 0 unspecified atom stereocenters. The molecule has 1 aromatic heterocycles. The summed E-state index contributed by atoms with van der Waals surface area (Å²) in [5, 5.41) is 0. The second kappa shape index (κ2) is 13.4. The molecular weight excluding hydrogens is 347 g/mol. The number of halogens is 1. The maximum absolute atomic E-state index is 14.4. The van der Waals surface area contributed by atoms with E-state index in [1.807, 2.05) is 12.1 Å². The number of benzene rings is 1. The Morgan fingerprint density at radius 2 is 1.29 bits per heavy atom. The molecule has 0 aliphatic heterocycles. The minimum atomic E-state index is -0.362. The second-order valence-electron chi connectivity index (χ2n) is 7.89. The topological polar surface area (TPSA) is 25.8 Å². The third kappa shape index (κ3) is 8.08. The molecule has 2 nitrogen and oxygen atoms in total. The Bertz CT molecular complexity index is 667. The molecule has 0 bridgehead atoms. The quantitative estimate of drug-likeness (QED) is 0.246. The van der Waals surface area contributed by atoms with Crippen molar-refractivity contribution in [3.63, 3.8) is 0 Å². The lowest BCUT2D eigenvalue weighted by atomic mass is 10.0. The van der Waals surface area contributed by atoms with Crippen LogP contribution in [0.25, 0.3) is 11.4 Å². The van der Waals surface area contributed by atoms with Gasteiger partial charge in [0.1, 0.15) is 0 Å². The molecule has 0 aliphatic rings. The van der Waals surface area contributed by atoms with Crippen molar-refractivity contribution in [1.82, 2.24) is 9.97 Å². The summed E-state index contributed by atoms with van der Waals surface area (Å²) in [4.78, 5) is 8.53. The molecule has 2 aromatic rings. The van der Waals surface area contributed by atoms with Gasteiger partial charge in [0, 0.05) is 17.3 Å². The molecule has 0 fully saturated rings. The van der Waals surface area contributed by atoms with E-state index in [4.69, 9.17) is 0 Å². The third-order valence-electron chi connectivity index (χ3n) is 5.39. The Labute approximate surface area is 171 Å². The van der Waals surface area contributed by atoms with Gasteiger partial charge in [0.15, 0.2) is 5.82 Å². The Hall–Kier alpha value is -1.77. The molecule has 0 aliphatic carbocycles. The summed E-state index contributed by atoms with van der Waals surface area (Å²) >= 11 is 0. The number of nitrogens with zero attached hydrogens (tertiary/aromatic N) is 2. The van der Waals surface area contributed by atoms with E-state index in [2.05, 4.69) is 35.9 Å². The largest absolute Gasteiger partial charge is 0.236 e. The lowest BCUT2D eigenvalue weighted by molar-refractivity contribution is 0.549. The van der Waals surface area contributed by atoms with Gasteiger partial charge in [-0.15, -0.1) is 0 Å². The van der Waals surface area contributed by atoms with Gasteiger partial charge < -0.3 is 0 Å². The van der Waals surface area contributed by atoms with E-state index in [0.29, 0.717) is 11.4 Å². The van der Waals surface area contributed by atoms with Crippen molar-refractivity contribution in [2.24, 2.45) is 0 Å². The lowest BCUT2D eigenvalue weighted by Gasteiger charge is -2.06. The Balaban J connectivity index is 1.82. The number of rotatable bonds is 14. The van der Waals surface area contributed by atoms with Gasteiger partial charge in [0.05, 0.1) is 0 Å². The minimum Gasteiger partial charge on any atom is -0.236 e. The van der Waals surface area contributed by atoms with E-state index in [9.17, 15) is 4.39 Å². The second-order valence-corrected chi connectivity index (χ2v) is 7.89. The van der Waals surface area contributed by atoms with Gasteiger partial charge in [-0.05, 0) is 31.2 Å². The van der Waals surface area contributed by atoms with Crippen LogP contribution in [0.15, 0.2) is 30.5 Å². The van der Waals surface area contributed by atoms with E-state index in [0.717, 1.165) is 31.2 Å². The fourth-order valence-electron chi connectivity index (χ4n) is 3.54. The van der Waals surface area contributed by atoms with Crippen molar-refractivity contribution in [2.75, 3.05) is 0 Å². The maximum atomic E-state index is 14.4. The van der Waals surface area contributed by atoms with Crippen molar-refractivity contribution in [3.05, 3.63) is 47.5 Å². The zero-order valence-electron chi connectivity index (χ0n) is 17.9. The molecule has 0 saturated heterocycles. The Morgan fingerprint density at radius 3 is 1.89 bits per heavy atom. The van der Waals surface area contributed by atoms with Gasteiger partial charge in [-0.3, -0.25) is 0 Å². The van der Waals surface area contributed by atoms with Crippen LogP contribution in [0, 0.1) is 5.95 Å². The monoisotopic (exact) mass is 384 g/mol. The lowest BCUT2D eigenvalue weighted by Crippen LogP contribution is -1.99. The molecule has 1 aromatic carbocycles. The third-order valence-corrected chi connectivity index (χ3v) is 5.39. The first-order chi connectivity index (χ1) is 13.7. The van der Waals surface area contributed by atoms with Crippen LogP contribution in [0.2, 0.25) is 0 Å². The van der Waals surface area contributed by atoms with Crippen LogP contribution in [0.4, 0.5) is 4.39 Å². The Morgan fingerprint density at radius 1 is 0.714 bits per heavy atom. The standard InChI is InChI=1S/C25H37FN2/c1-3-5-7-9-11-13-15-23-20-27-25(28-24(23)26)22-18-16-21(17-19-22)14-12-10-8-6-4-2/h16-20H,3-15H2,1-2H3. The minimum absolute atomic E-state index is 0.362. The summed E-state index contributed by atoms with van der Waals surface area (Å²) in [6, 6.07) is 8.29. The summed E-state index contributed by atoms with van der Waals surface area (Å²) in [6.45, 7) is 4.46. The first kappa shape index (κ1) is 22.5. The predicted octanol–water partition coefficient (Wildman–Crippen LogP) is 7.70. The molecule has 3 heteroatoms. The van der Waals surface area contributed by atoms with Crippen LogP contribution in [0.1, 0.15) is 95.6 Å². The molecule has 1 heterocycles. The normalized spacial score (nSPS) is 11.1. The zero-order chi connectivity index (χ0) is 20.0. The molecule has 154 valence electrons. The van der Waals surface area contributed by atoms with E-state index in [1.54, 1.807) is 6.20 Å². The zero-order valence-corrected chi connectivity index (χ0v) is 17.9. The molecule has 0 spiro atoms. The van der Waals surface area contributed by atoms with Gasteiger partial charge in [-0.1, -0.05) is 95.9 Å². The number of hydrogen-bond acceptors (Lipinski definition) is 2. The maximum Gasteiger partial charge on any atom is 0.219 e. The fourth-order valence-corrected chi connectivity index (χ4v) is 3.54. The molecule has 28 heavy (non-hydrogen) atoms. The van der Waals surface area contributed by atoms with Gasteiger partial charge in [-0.25, -0.2) is 4.98 Å². The SMILES string of the molecule is CCCCCCCCc1cnc(-c2ccc(CCCCCCC)cc2)nc1F. The molecule has 0 N–H and O–H groups in total. The average molecular weight is 385 g/mol. The van der Waals surface area contributed by atoms with Crippen LogP contribution in [-0.4, -0.2) is 9.97 Å². The van der Waals surface area contributed by atoms with Crippen LogP contribution >= 0.6 is 0 Å². The van der Waals surface area contributed by atoms with Gasteiger partial charge in [0.2, 0.25) is 5.95 Å². The smallest absolute Gasteiger partial charge is 0.219 e. The van der Waals surface area contributed by atoms with Crippen molar-refractivity contribution in [2.45, 2.75) is 97.3 Å². The van der Waals surface area contributed by atoms with Gasteiger partial charge >= 0.3 is 0 Å². The molecule has 0 atom stereocenters. The van der Waals surface area contributed by atoms with Gasteiger partial charge in [0.25, 0.3) is 0 Å². The number of aryl methyl sites for hydroxylation is 2. The van der Waals surface area contributed by atoms with E-state index in [-0.39, 0.29) is 5.95 Å². The van der Waals surface area contributed by atoms with E-state index in [1.165, 1.54) is 63.4 Å². The molecular formula is C25H37FN2.